The summed E-state index contributed by atoms with van der Waals surface area (Å²) in [4.78, 5) is 0. The number of nitrogens with zero attached hydrogens (tertiary/aromatic N) is 1. The summed E-state index contributed by atoms with van der Waals surface area (Å²) < 4.78 is 11.7. The Morgan fingerprint density at radius 1 is 1.50 bits per heavy atom. The number of hydrogen-bond acceptors (Lipinski definition) is 4. The van der Waals surface area contributed by atoms with Crippen LogP contribution in [0.4, 0.5) is 0 Å². The lowest BCUT2D eigenvalue weighted by molar-refractivity contribution is -0.0285. The first-order valence-electron chi connectivity index (χ1n) is 7.62. The van der Waals surface area contributed by atoms with Crippen molar-refractivity contribution in [3.63, 3.8) is 0 Å². The number of rotatable bonds is 4. The lowest BCUT2D eigenvalue weighted by atomic mass is 9.90. The highest BCUT2D eigenvalue weighted by Crippen LogP contribution is 2.33. The van der Waals surface area contributed by atoms with Crippen molar-refractivity contribution in [2.45, 2.75) is 50.9 Å². The minimum absolute atomic E-state index is 0.0185. The second-order valence-electron chi connectivity index (χ2n) is 6.61. The van der Waals surface area contributed by atoms with Gasteiger partial charge in [0.15, 0.2) is 0 Å². The first-order valence-corrected chi connectivity index (χ1v) is 7.62. The van der Waals surface area contributed by atoms with Gasteiger partial charge in [0.25, 0.3) is 0 Å². The molecule has 112 valence electrons. The van der Waals surface area contributed by atoms with E-state index in [-0.39, 0.29) is 11.7 Å². The zero-order valence-electron chi connectivity index (χ0n) is 12.4. The monoisotopic (exact) mass is 279 g/mol. The van der Waals surface area contributed by atoms with Gasteiger partial charge < -0.3 is 14.8 Å². The lowest BCUT2D eigenvalue weighted by Crippen LogP contribution is -2.38. The van der Waals surface area contributed by atoms with Crippen LogP contribution in [-0.2, 0) is 9.47 Å². The Morgan fingerprint density at radius 3 is 3.10 bits per heavy atom. The topological polar surface area (TPSA) is 59.2 Å². The largest absolute Gasteiger partial charge is 0.374 e. The molecule has 20 heavy (non-hydrogen) atoms. The second-order valence-corrected chi connectivity index (χ2v) is 6.61. The quantitative estimate of drug-likeness (QED) is 0.885. The molecule has 5 heteroatoms. The lowest BCUT2D eigenvalue weighted by Gasteiger charge is -2.32. The molecule has 0 aromatic carbocycles. The van der Waals surface area contributed by atoms with Crippen molar-refractivity contribution in [1.29, 1.82) is 0 Å². The maximum absolute atomic E-state index is 5.96. The summed E-state index contributed by atoms with van der Waals surface area (Å²) >= 11 is 0. The molecule has 1 aromatic rings. The first kappa shape index (κ1) is 14.0. The van der Waals surface area contributed by atoms with Gasteiger partial charge in [-0.2, -0.15) is 5.10 Å². The van der Waals surface area contributed by atoms with E-state index in [0.717, 1.165) is 32.6 Å². The van der Waals surface area contributed by atoms with E-state index in [1.54, 1.807) is 0 Å². The Bertz CT molecular complexity index is 419. The maximum atomic E-state index is 5.96. The molecule has 0 saturated carbocycles. The molecule has 2 fully saturated rings. The third-order valence-corrected chi connectivity index (χ3v) is 4.37. The second kappa shape index (κ2) is 5.84. The van der Waals surface area contributed by atoms with Crippen molar-refractivity contribution >= 4 is 0 Å². The van der Waals surface area contributed by atoms with Crippen molar-refractivity contribution in [3.05, 3.63) is 18.0 Å². The Morgan fingerprint density at radius 2 is 2.40 bits per heavy atom. The van der Waals surface area contributed by atoms with E-state index in [0.29, 0.717) is 12.0 Å². The van der Waals surface area contributed by atoms with Gasteiger partial charge in [0.2, 0.25) is 0 Å². The Hall–Kier alpha value is -0.910. The molecule has 2 aliphatic rings. The standard InChI is InChI=1S/C15H25N3O2/c1-15(2)6-13(10-20-15)16-7-11-4-3-5-19-14(11)12-8-17-18-9-12/h8-9,11,13-14,16H,3-7,10H2,1-2H3,(H,17,18)/t11-,13?,14+/m0/s1. The van der Waals surface area contributed by atoms with E-state index in [4.69, 9.17) is 9.47 Å². The van der Waals surface area contributed by atoms with Gasteiger partial charge in [-0.25, -0.2) is 0 Å². The van der Waals surface area contributed by atoms with Crippen molar-refractivity contribution in [1.82, 2.24) is 15.5 Å². The Labute approximate surface area is 120 Å². The molecule has 2 N–H and O–H groups in total. The van der Waals surface area contributed by atoms with Crippen LogP contribution in [0.3, 0.4) is 0 Å². The zero-order chi connectivity index (χ0) is 14.0. The summed E-state index contributed by atoms with van der Waals surface area (Å²) in [7, 11) is 0. The molecule has 1 unspecified atom stereocenters. The van der Waals surface area contributed by atoms with E-state index < -0.39 is 0 Å². The van der Waals surface area contributed by atoms with Gasteiger partial charge in [-0.05, 0) is 33.1 Å². The molecule has 2 saturated heterocycles. The van der Waals surface area contributed by atoms with Crippen LogP contribution >= 0.6 is 0 Å². The SMILES string of the molecule is CC1(C)CC(NC[C@@H]2CCCO[C@H]2c2cn[nH]c2)CO1. The van der Waals surface area contributed by atoms with E-state index in [1.807, 2.05) is 12.4 Å². The van der Waals surface area contributed by atoms with Crippen LogP contribution < -0.4 is 5.32 Å². The molecule has 5 nitrogen and oxygen atoms in total. The number of aromatic nitrogens is 2. The van der Waals surface area contributed by atoms with Gasteiger partial charge >= 0.3 is 0 Å². The molecule has 3 heterocycles. The summed E-state index contributed by atoms with van der Waals surface area (Å²) in [6, 6.07) is 0.469. The molecule has 3 rings (SSSR count). The average molecular weight is 279 g/mol. The van der Waals surface area contributed by atoms with Crippen LogP contribution in [0.15, 0.2) is 12.4 Å². The van der Waals surface area contributed by atoms with Gasteiger partial charge in [0.05, 0.1) is 24.5 Å². The fourth-order valence-electron chi connectivity index (χ4n) is 3.32. The van der Waals surface area contributed by atoms with Crippen LogP contribution in [0, 0.1) is 5.92 Å². The van der Waals surface area contributed by atoms with Crippen LogP contribution in [0.1, 0.15) is 44.8 Å². The molecule has 1 aromatic heterocycles. The molecular weight excluding hydrogens is 254 g/mol. The van der Waals surface area contributed by atoms with E-state index in [1.165, 1.54) is 12.0 Å². The molecule has 0 radical (unpaired) electrons. The van der Waals surface area contributed by atoms with Gasteiger partial charge in [0.1, 0.15) is 0 Å². The summed E-state index contributed by atoms with van der Waals surface area (Å²) in [5.74, 6) is 0.519. The van der Waals surface area contributed by atoms with Crippen molar-refractivity contribution in [3.8, 4) is 0 Å². The number of H-pyrrole nitrogens is 1. The number of aromatic amines is 1. The van der Waals surface area contributed by atoms with Crippen molar-refractivity contribution < 1.29 is 9.47 Å². The normalized spacial score (nSPS) is 33.4. The molecular formula is C15H25N3O2. The van der Waals surface area contributed by atoms with Gasteiger partial charge in [-0.15, -0.1) is 0 Å². The van der Waals surface area contributed by atoms with Crippen LogP contribution in [0.25, 0.3) is 0 Å². The minimum Gasteiger partial charge on any atom is -0.374 e. The van der Waals surface area contributed by atoms with E-state index in [9.17, 15) is 0 Å². The van der Waals surface area contributed by atoms with Gasteiger partial charge in [-0.1, -0.05) is 0 Å². The molecule has 3 atom stereocenters. The van der Waals surface area contributed by atoms with Crippen molar-refractivity contribution in [2.75, 3.05) is 19.8 Å². The Balaban J connectivity index is 1.55. The number of hydrogen-bond donors (Lipinski definition) is 2. The average Bonchev–Trinajstić information content (AvgIpc) is 3.06. The minimum atomic E-state index is 0.0185. The van der Waals surface area contributed by atoms with Crippen LogP contribution in [0.5, 0.6) is 0 Å². The molecule has 0 bridgehead atoms. The smallest absolute Gasteiger partial charge is 0.0895 e. The maximum Gasteiger partial charge on any atom is 0.0895 e. The fraction of sp³-hybridized carbons (Fsp3) is 0.800. The Kier molecular flexibility index (Phi) is 4.10. The van der Waals surface area contributed by atoms with Gasteiger partial charge in [-0.3, -0.25) is 5.10 Å². The summed E-state index contributed by atoms with van der Waals surface area (Å²) in [6.45, 7) is 6.97. The van der Waals surface area contributed by atoms with E-state index in [2.05, 4.69) is 29.4 Å². The molecule has 2 aliphatic heterocycles. The van der Waals surface area contributed by atoms with Crippen LogP contribution in [-0.4, -0.2) is 41.6 Å². The summed E-state index contributed by atoms with van der Waals surface area (Å²) in [6.07, 6.45) is 7.44. The van der Waals surface area contributed by atoms with E-state index >= 15 is 0 Å². The summed E-state index contributed by atoms with van der Waals surface area (Å²) in [5, 5.41) is 10.6. The van der Waals surface area contributed by atoms with Crippen molar-refractivity contribution in [2.24, 2.45) is 5.92 Å². The fourth-order valence-corrected chi connectivity index (χ4v) is 3.32. The van der Waals surface area contributed by atoms with Crippen LogP contribution in [0.2, 0.25) is 0 Å². The summed E-state index contributed by atoms with van der Waals surface area (Å²) in [5.41, 5.74) is 1.18. The zero-order valence-corrected chi connectivity index (χ0v) is 12.4. The molecule has 0 spiro atoms. The third kappa shape index (κ3) is 3.22. The predicted molar refractivity (Wildman–Crippen MR) is 76.4 cm³/mol. The molecule has 0 aliphatic carbocycles. The highest BCUT2D eigenvalue weighted by atomic mass is 16.5. The highest BCUT2D eigenvalue weighted by Gasteiger charge is 2.33. The third-order valence-electron chi connectivity index (χ3n) is 4.37. The van der Waals surface area contributed by atoms with Gasteiger partial charge in [0, 0.05) is 36.9 Å². The highest BCUT2D eigenvalue weighted by molar-refractivity contribution is 5.09. The first-order chi connectivity index (χ1) is 9.64. The predicted octanol–water partition coefficient (Wildman–Crippen LogP) is 2.03. The molecule has 0 amide bonds. The number of nitrogens with one attached hydrogen (secondary N) is 2. The number of ether oxygens (including phenoxy) is 2.